The van der Waals surface area contributed by atoms with E-state index in [0.29, 0.717) is 31.6 Å². The van der Waals surface area contributed by atoms with Crippen molar-refractivity contribution in [2.24, 2.45) is 0 Å². The quantitative estimate of drug-likeness (QED) is 0.662. The Morgan fingerprint density at radius 3 is 2.81 bits per heavy atom. The molecule has 1 aliphatic rings. The molecular weight excluding hydrogens is 289 g/mol. The maximum Gasteiger partial charge on any atom is 0.433 e. The molecule has 2 rings (SSSR count). The molecule has 1 saturated heterocycles. The number of alkyl halides is 3. The minimum absolute atomic E-state index is 0.108. The molecule has 1 fully saturated rings. The van der Waals surface area contributed by atoms with Crippen LogP contribution in [0, 0.1) is 10.1 Å². The van der Waals surface area contributed by atoms with Crippen LogP contribution in [-0.2, 0) is 6.18 Å². The minimum Gasteiger partial charge on any atom is -0.377 e. The standard InChI is InChI=1S/C12H15F3N4O2/c1-7-4-8(2-3-16-7)18-9-5-11(12(13,14)15)17-6-10(9)19(20)21/h5-8,16H,2-4H2,1H3,(H,17,18). The zero-order valence-corrected chi connectivity index (χ0v) is 11.3. The number of nitrogens with one attached hydrogen (secondary N) is 2. The average Bonchev–Trinajstić information content (AvgIpc) is 2.37. The van der Waals surface area contributed by atoms with Crippen LogP contribution in [0.5, 0.6) is 0 Å². The van der Waals surface area contributed by atoms with Gasteiger partial charge in [-0.1, -0.05) is 0 Å². The zero-order valence-electron chi connectivity index (χ0n) is 11.3. The Morgan fingerprint density at radius 1 is 1.52 bits per heavy atom. The normalized spacial score (nSPS) is 22.9. The number of nitro groups is 1. The molecule has 6 nitrogen and oxygen atoms in total. The summed E-state index contributed by atoms with van der Waals surface area (Å²) in [5.74, 6) is 0. The molecule has 1 aromatic rings. The lowest BCUT2D eigenvalue weighted by atomic mass is 10.0. The van der Waals surface area contributed by atoms with Crippen molar-refractivity contribution >= 4 is 11.4 Å². The van der Waals surface area contributed by atoms with Crippen molar-refractivity contribution in [2.75, 3.05) is 11.9 Å². The van der Waals surface area contributed by atoms with Crippen LogP contribution in [0.15, 0.2) is 12.3 Å². The van der Waals surface area contributed by atoms with E-state index in [2.05, 4.69) is 15.6 Å². The van der Waals surface area contributed by atoms with E-state index in [1.807, 2.05) is 6.92 Å². The molecule has 0 bridgehead atoms. The van der Waals surface area contributed by atoms with E-state index in [1.54, 1.807) is 0 Å². The highest BCUT2D eigenvalue weighted by Crippen LogP contribution is 2.33. The third-order valence-corrected chi connectivity index (χ3v) is 3.35. The molecule has 0 amide bonds. The fourth-order valence-corrected chi connectivity index (χ4v) is 2.35. The summed E-state index contributed by atoms with van der Waals surface area (Å²) in [5, 5.41) is 17.0. The van der Waals surface area contributed by atoms with Gasteiger partial charge in [-0.3, -0.25) is 10.1 Å². The second-order valence-electron chi connectivity index (χ2n) is 5.06. The van der Waals surface area contributed by atoms with Gasteiger partial charge < -0.3 is 10.6 Å². The fourth-order valence-electron chi connectivity index (χ4n) is 2.35. The highest BCUT2D eigenvalue weighted by Gasteiger charge is 2.34. The van der Waals surface area contributed by atoms with Crippen molar-refractivity contribution in [3.63, 3.8) is 0 Å². The van der Waals surface area contributed by atoms with Gasteiger partial charge in [0.1, 0.15) is 17.6 Å². The van der Waals surface area contributed by atoms with Crippen molar-refractivity contribution in [3.8, 4) is 0 Å². The third kappa shape index (κ3) is 3.81. The summed E-state index contributed by atoms with van der Waals surface area (Å²) < 4.78 is 38.0. The van der Waals surface area contributed by atoms with Crippen LogP contribution in [0.3, 0.4) is 0 Å². The molecule has 9 heteroatoms. The molecule has 2 unspecified atom stereocenters. The zero-order chi connectivity index (χ0) is 15.6. The number of rotatable bonds is 3. The first-order valence-corrected chi connectivity index (χ1v) is 6.49. The van der Waals surface area contributed by atoms with Crippen molar-refractivity contribution in [2.45, 2.75) is 38.0 Å². The van der Waals surface area contributed by atoms with Gasteiger partial charge in [0, 0.05) is 12.1 Å². The topological polar surface area (TPSA) is 80.1 Å². The first kappa shape index (κ1) is 15.5. The number of anilines is 1. The Kier molecular flexibility index (Phi) is 4.31. The SMILES string of the molecule is CC1CC(Nc2cc(C(F)(F)F)ncc2[N+](=O)[O-])CCN1. The van der Waals surface area contributed by atoms with E-state index in [-0.39, 0.29) is 17.8 Å². The molecule has 0 aliphatic carbocycles. The molecule has 2 atom stereocenters. The average molecular weight is 304 g/mol. The lowest BCUT2D eigenvalue weighted by Gasteiger charge is -2.29. The molecule has 1 aromatic heterocycles. The lowest BCUT2D eigenvalue weighted by molar-refractivity contribution is -0.384. The highest BCUT2D eigenvalue weighted by molar-refractivity contribution is 5.61. The number of hydrogen-bond acceptors (Lipinski definition) is 5. The van der Waals surface area contributed by atoms with Crippen LogP contribution in [0.2, 0.25) is 0 Å². The van der Waals surface area contributed by atoms with Crippen LogP contribution in [0.4, 0.5) is 24.5 Å². The van der Waals surface area contributed by atoms with E-state index in [4.69, 9.17) is 0 Å². The summed E-state index contributed by atoms with van der Waals surface area (Å²) in [5.41, 5.74) is -1.73. The predicted molar refractivity (Wildman–Crippen MR) is 70.0 cm³/mol. The largest absolute Gasteiger partial charge is 0.433 e. The summed E-state index contributed by atoms with van der Waals surface area (Å²) in [7, 11) is 0. The van der Waals surface area contributed by atoms with Crippen LogP contribution in [0.1, 0.15) is 25.5 Å². The molecule has 116 valence electrons. The van der Waals surface area contributed by atoms with Crippen molar-refractivity contribution in [1.82, 2.24) is 10.3 Å². The number of hydrogen-bond donors (Lipinski definition) is 2. The van der Waals surface area contributed by atoms with E-state index < -0.39 is 22.5 Å². The van der Waals surface area contributed by atoms with Gasteiger partial charge in [-0.25, -0.2) is 4.98 Å². The minimum atomic E-state index is -4.63. The first-order valence-electron chi connectivity index (χ1n) is 6.49. The Hall–Kier alpha value is -1.90. The van der Waals surface area contributed by atoms with Crippen LogP contribution >= 0.6 is 0 Å². The number of pyridine rings is 1. The van der Waals surface area contributed by atoms with Gasteiger partial charge in [-0.05, 0) is 32.4 Å². The molecule has 21 heavy (non-hydrogen) atoms. The van der Waals surface area contributed by atoms with Gasteiger partial charge in [-0.15, -0.1) is 0 Å². The summed E-state index contributed by atoms with van der Waals surface area (Å²) in [4.78, 5) is 13.3. The molecule has 1 aliphatic heterocycles. The lowest BCUT2D eigenvalue weighted by Crippen LogP contribution is -2.41. The number of nitrogens with zero attached hydrogens (tertiary/aromatic N) is 2. The fraction of sp³-hybridized carbons (Fsp3) is 0.583. The van der Waals surface area contributed by atoms with Crippen LogP contribution in [-0.4, -0.2) is 28.5 Å². The van der Waals surface area contributed by atoms with Crippen LogP contribution in [0.25, 0.3) is 0 Å². The molecule has 0 aromatic carbocycles. The van der Waals surface area contributed by atoms with Gasteiger partial charge in [0.15, 0.2) is 0 Å². The molecule has 2 N–H and O–H groups in total. The van der Waals surface area contributed by atoms with Gasteiger partial charge in [-0.2, -0.15) is 13.2 Å². The smallest absolute Gasteiger partial charge is 0.377 e. The summed E-state index contributed by atoms with van der Waals surface area (Å²) in [6, 6.07) is 0.799. The molecule has 0 radical (unpaired) electrons. The molecule has 0 saturated carbocycles. The molecular formula is C12H15F3N4O2. The maximum atomic E-state index is 12.7. The molecule has 2 heterocycles. The second kappa shape index (κ2) is 5.84. The van der Waals surface area contributed by atoms with Gasteiger partial charge in [0.05, 0.1) is 4.92 Å². The van der Waals surface area contributed by atoms with Gasteiger partial charge in [0.25, 0.3) is 0 Å². The van der Waals surface area contributed by atoms with Gasteiger partial charge in [0.2, 0.25) is 0 Å². The van der Waals surface area contributed by atoms with Crippen molar-refractivity contribution < 1.29 is 18.1 Å². The number of piperidine rings is 1. The highest BCUT2D eigenvalue weighted by atomic mass is 19.4. The van der Waals surface area contributed by atoms with E-state index >= 15 is 0 Å². The monoisotopic (exact) mass is 304 g/mol. The summed E-state index contributed by atoms with van der Waals surface area (Å²) in [6.45, 7) is 2.67. The second-order valence-corrected chi connectivity index (χ2v) is 5.06. The van der Waals surface area contributed by atoms with Crippen LogP contribution < -0.4 is 10.6 Å². The van der Waals surface area contributed by atoms with E-state index in [9.17, 15) is 23.3 Å². The number of aromatic nitrogens is 1. The number of halogens is 3. The van der Waals surface area contributed by atoms with Gasteiger partial charge >= 0.3 is 11.9 Å². The summed E-state index contributed by atoms with van der Waals surface area (Å²) >= 11 is 0. The third-order valence-electron chi connectivity index (χ3n) is 3.35. The Morgan fingerprint density at radius 2 is 2.24 bits per heavy atom. The predicted octanol–water partition coefficient (Wildman–Crippen LogP) is 2.56. The Bertz CT molecular complexity index is 536. The Balaban J connectivity index is 2.28. The Labute approximate surface area is 118 Å². The van der Waals surface area contributed by atoms with Crippen molar-refractivity contribution in [1.29, 1.82) is 0 Å². The summed E-state index contributed by atoms with van der Waals surface area (Å²) in [6.07, 6.45) is -2.62. The van der Waals surface area contributed by atoms with Crippen molar-refractivity contribution in [3.05, 3.63) is 28.1 Å². The maximum absolute atomic E-state index is 12.7. The van der Waals surface area contributed by atoms with E-state index in [0.717, 1.165) is 0 Å². The molecule has 0 spiro atoms. The van der Waals surface area contributed by atoms with E-state index in [1.165, 1.54) is 0 Å². The first-order chi connectivity index (χ1) is 9.77.